The fraction of sp³-hybridized carbons (Fsp3) is 0.529. The SMILES string of the molecule is CN(C)C(C)(C)Cn1ccc2cc(S(=O)(=O)C3CC3)ccc21. The van der Waals surface area contributed by atoms with Gasteiger partial charge in [-0.3, -0.25) is 0 Å². The lowest BCUT2D eigenvalue weighted by molar-refractivity contribution is 0.171. The van der Waals surface area contributed by atoms with E-state index < -0.39 is 9.84 Å². The summed E-state index contributed by atoms with van der Waals surface area (Å²) < 4.78 is 26.9. The molecule has 22 heavy (non-hydrogen) atoms. The third kappa shape index (κ3) is 2.68. The first kappa shape index (κ1) is 15.6. The Bertz CT molecular complexity index is 799. The van der Waals surface area contributed by atoms with Gasteiger partial charge in [0.1, 0.15) is 0 Å². The van der Waals surface area contributed by atoms with Gasteiger partial charge in [0.05, 0.1) is 10.1 Å². The zero-order chi connectivity index (χ0) is 16.1. The van der Waals surface area contributed by atoms with E-state index >= 15 is 0 Å². The molecule has 1 aliphatic carbocycles. The zero-order valence-corrected chi connectivity index (χ0v) is 14.5. The Morgan fingerprint density at radius 1 is 1.23 bits per heavy atom. The fourth-order valence-corrected chi connectivity index (χ4v) is 4.31. The summed E-state index contributed by atoms with van der Waals surface area (Å²) in [5.74, 6) is 0. The molecule has 1 aromatic heterocycles. The molecule has 0 saturated heterocycles. The summed E-state index contributed by atoms with van der Waals surface area (Å²) in [7, 11) is 1.04. The number of hydrogen-bond donors (Lipinski definition) is 0. The lowest BCUT2D eigenvalue weighted by atomic mass is 10.0. The molecule has 0 aliphatic heterocycles. The van der Waals surface area contributed by atoms with E-state index in [4.69, 9.17) is 0 Å². The van der Waals surface area contributed by atoms with Gasteiger partial charge < -0.3 is 9.47 Å². The van der Waals surface area contributed by atoms with Gasteiger partial charge in [0.2, 0.25) is 0 Å². The van der Waals surface area contributed by atoms with E-state index in [0.717, 1.165) is 30.3 Å². The first-order valence-corrected chi connectivity index (χ1v) is 9.27. The third-order valence-electron chi connectivity index (χ3n) is 4.80. The maximum Gasteiger partial charge on any atom is 0.181 e. The lowest BCUT2D eigenvalue weighted by Gasteiger charge is -2.33. The average Bonchev–Trinajstić information content (AvgIpc) is 3.23. The normalized spacial score (nSPS) is 16.6. The van der Waals surface area contributed by atoms with Crippen LogP contribution in [0.5, 0.6) is 0 Å². The molecule has 120 valence electrons. The molecular formula is C17H24N2O2S. The standard InChI is InChI=1S/C17H24N2O2S/c1-17(2,18(3)4)12-19-10-9-13-11-15(7-8-16(13)19)22(20,21)14-5-6-14/h7-11,14H,5-6,12H2,1-4H3. The Morgan fingerprint density at radius 2 is 1.91 bits per heavy atom. The number of benzene rings is 1. The molecule has 0 atom stereocenters. The van der Waals surface area contributed by atoms with Crippen molar-refractivity contribution >= 4 is 20.7 Å². The molecule has 0 amide bonds. The van der Waals surface area contributed by atoms with Crippen LogP contribution in [-0.2, 0) is 16.4 Å². The molecular weight excluding hydrogens is 296 g/mol. The first-order valence-electron chi connectivity index (χ1n) is 7.72. The number of likely N-dealkylation sites (N-methyl/N-ethyl adjacent to an activating group) is 1. The van der Waals surface area contributed by atoms with Gasteiger partial charge in [-0.1, -0.05) is 0 Å². The van der Waals surface area contributed by atoms with Crippen LogP contribution in [0.4, 0.5) is 0 Å². The van der Waals surface area contributed by atoms with Crippen LogP contribution < -0.4 is 0 Å². The van der Waals surface area contributed by atoms with Crippen LogP contribution in [0.25, 0.3) is 10.9 Å². The van der Waals surface area contributed by atoms with E-state index in [1.54, 1.807) is 6.07 Å². The lowest BCUT2D eigenvalue weighted by Crippen LogP contribution is -2.41. The molecule has 2 aromatic rings. The fourth-order valence-electron chi connectivity index (χ4n) is 2.62. The third-order valence-corrected chi connectivity index (χ3v) is 7.06. The molecule has 1 heterocycles. The average molecular weight is 320 g/mol. The van der Waals surface area contributed by atoms with Crippen molar-refractivity contribution in [2.75, 3.05) is 14.1 Å². The summed E-state index contributed by atoms with van der Waals surface area (Å²) in [6.07, 6.45) is 3.65. The van der Waals surface area contributed by atoms with E-state index in [-0.39, 0.29) is 10.8 Å². The van der Waals surface area contributed by atoms with Crippen LogP contribution in [0.2, 0.25) is 0 Å². The van der Waals surface area contributed by atoms with Crippen molar-refractivity contribution in [1.82, 2.24) is 9.47 Å². The van der Waals surface area contributed by atoms with Gasteiger partial charge in [-0.05, 0) is 65.0 Å². The molecule has 1 aromatic carbocycles. The zero-order valence-electron chi connectivity index (χ0n) is 13.7. The number of sulfone groups is 1. The van der Waals surface area contributed by atoms with Crippen molar-refractivity contribution in [3.8, 4) is 0 Å². The Morgan fingerprint density at radius 3 is 2.50 bits per heavy atom. The number of rotatable bonds is 5. The van der Waals surface area contributed by atoms with Crippen LogP contribution >= 0.6 is 0 Å². The Labute approximate surface area is 132 Å². The van der Waals surface area contributed by atoms with Crippen LogP contribution in [0.1, 0.15) is 26.7 Å². The molecule has 0 radical (unpaired) electrons. The molecule has 4 nitrogen and oxygen atoms in total. The summed E-state index contributed by atoms with van der Waals surface area (Å²) >= 11 is 0. The van der Waals surface area contributed by atoms with Crippen molar-refractivity contribution in [2.24, 2.45) is 0 Å². The predicted octanol–water partition coefficient (Wildman–Crippen LogP) is 2.92. The Kier molecular flexibility index (Phi) is 3.61. The number of hydrogen-bond acceptors (Lipinski definition) is 3. The second-order valence-corrected chi connectivity index (χ2v) is 9.34. The van der Waals surface area contributed by atoms with E-state index in [1.165, 1.54) is 0 Å². The highest BCUT2D eigenvalue weighted by Crippen LogP contribution is 2.34. The van der Waals surface area contributed by atoms with Gasteiger partial charge in [0.15, 0.2) is 9.84 Å². The van der Waals surface area contributed by atoms with E-state index in [0.29, 0.717) is 4.90 Å². The van der Waals surface area contributed by atoms with Gasteiger partial charge in [-0.15, -0.1) is 0 Å². The minimum atomic E-state index is -3.11. The van der Waals surface area contributed by atoms with Crippen LogP contribution in [0, 0.1) is 0 Å². The van der Waals surface area contributed by atoms with Crippen LogP contribution in [-0.4, -0.2) is 42.8 Å². The molecule has 0 N–H and O–H groups in total. The summed E-state index contributed by atoms with van der Waals surface area (Å²) in [6, 6.07) is 7.53. The Balaban J connectivity index is 1.96. The van der Waals surface area contributed by atoms with Gasteiger partial charge in [-0.2, -0.15) is 0 Å². The maximum absolute atomic E-state index is 12.3. The van der Waals surface area contributed by atoms with Crippen LogP contribution in [0.15, 0.2) is 35.4 Å². The summed E-state index contributed by atoms with van der Waals surface area (Å²) in [4.78, 5) is 2.66. The molecule has 1 fully saturated rings. The van der Waals surface area contributed by atoms with E-state index in [9.17, 15) is 8.42 Å². The second kappa shape index (κ2) is 5.10. The van der Waals surface area contributed by atoms with Crippen LogP contribution in [0.3, 0.4) is 0 Å². The summed E-state index contributed by atoms with van der Waals surface area (Å²) in [6.45, 7) is 5.26. The predicted molar refractivity (Wildman–Crippen MR) is 89.9 cm³/mol. The molecule has 3 rings (SSSR count). The van der Waals surface area contributed by atoms with Crippen molar-refractivity contribution < 1.29 is 8.42 Å². The smallest absolute Gasteiger partial charge is 0.181 e. The maximum atomic E-state index is 12.3. The van der Waals surface area contributed by atoms with Crippen molar-refractivity contribution in [2.45, 2.75) is 48.9 Å². The largest absolute Gasteiger partial charge is 0.346 e. The second-order valence-electron chi connectivity index (χ2n) is 7.12. The monoisotopic (exact) mass is 320 g/mol. The summed E-state index contributed by atoms with van der Waals surface area (Å²) in [5, 5.41) is 0.844. The molecule has 0 spiro atoms. The van der Waals surface area contributed by atoms with Crippen molar-refractivity contribution in [1.29, 1.82) is 0 Å². The minimum absolute atomic E-state index is 0.0325. The number of nitrogens with zero attached hydrogens (tertiary/aromatic N) is 2. The first-order chi connectivity index (χ1) is 10.2. The molecule has 1 saturated carbocycles. The molecule has 5 heteroatoms. The van der Waals surface area contributed by atoms with Crippen molar-refractivity contribution in [3.63, 3.8) is 0 Å². The summed E-state index contributed by atoms with van der Waals surface area (Å²) in [5.41, 5.74) is 1.12. The number of fused-ring (bicyclic) bond motifs is 1. The molecule has 0 bridgehead atoms. The van der Waals surface area contributed by atoms with Crippen molar-refractivity contribution in [3.05, 3.63) is 30.5 Å². The van der Waals surface area contributed by atoms with Gasteiger partial charge in [0.25, 0.3) is 0 Å². The van der Waals surface area contributed by atoms with Gasteiger partial charge in [0, 0.05) is 29.2 Å². The van der Waals surface area contributed by atoms with Gasteiger partial charge in [-0.25, -0.2) is 8.42 Å². The quantitative estimate of drug-likeness (QED) is 0.850. The molecule has 0 unspecified atom stereocenters. The van der Waals surface area contributed by atoms with E-state index in [2.05, 4.69) is 37.4 Å². The number of aromatic nitrogens is 1. The highest BCUT2D eigenvalue weighted by Gasteiger charge is 2.36. The minimum Gasteiger partial charge on any atom is -0.346 e. The van der Waals surface area contributed by atoms with Gasteiger partial charge >= 0.3 is 0 Å². The topological polar surface area (TPSA) is 42.3 Å². The Hall–Kier alpha value is -1.33. The van der Waals surface area contributed by atoms with E-state index in [1.807, 2.05) is 24.4 Å². The highest BCUT2D eigenvalue weighted by atomic mass is 32.2. The molecule has 1 aliphatic rings. The highest BCUT2D eigenvalue weighted by molar-refractivity contribution is 7.92.